The lowest BCUT2D eigenvalue weighted by atomic mass is 9.82. The summed E-state index contributed by atoms with van der Waals surface area (Å²) in [5.74, 6) is -0.424. The predicted octanol–water partition coefficient (Wildman–Crippen LogP) is 3.18. The van der Waals surface area contributed by atoms with Gasteiger partial charge in [-0.25, -0.2) is 4.79 Å². The Morgan fingerprint density at radius 2 is 1.94 bits per heavy atom. The zero-order valence-corrected chi connectivity index (χ0v) is 18.3. The molecule has 2 aliphatic heterocycles. The first-order valence-electron chi connectivity index (χ1n) is 10.5. The van der Waals surface area contributed by atoms with E-state index in [1.54, 1.807) is 30.2 Å². The SMILES string of the molecule is COc1ccc2c(c1)C1(CCN(C(=O)C=CC(=O)Nc3ccccc3[N+](=O)[O-])CC1)OC(=O)N2. The average Bonchev–Trinajstić information content (AvgIpc) is 2.83. The highest BCUT2D eigenvalue weighted by Gasteiger charge is 2.45. The standard InChI is InChI=1S/C23H22N4O7/c1-33-15-6-7-17-16(14-15)23(34-22(30)25-17)10-12-26(13-11-23)21(29)9-8-20(28)24-18-4-2-3-5-19(18)27(31)32/h2-9,14H,10-13H2,1H3,(H,24,28)(H,25,30). The van der Waals surface area contributed by atoms with E-state index in [1.165, 1.54) is 18.2 Å². The van der Waals surface area contributed by atoms with E-state index in [0.717, 1.165) is 17.7 Å². The van der Waals surface area contributed by atoms with E-state index < -0.39 is 28.4 Å². The van der Waals surface area contributed by atoms with Gasteiger partial charge in [-0.1, -0.05) is 12.1 Å². The monoisotopic (exact) mass is 466 g/mol. The number of nitrogens with one attached hydrogen (secondary N) is 2. The Bertz CT molecular complexity index is 1190. The summed E-state index contributed by atoms with van der Waals surface area (Å²) in [6.45, 7) is 0.609. The molecular weight excluding hydrogens is 444 g/mol. The Morgan fingerprint density at radius 1 is 1.21 bits per heavy atom. The van der Waals surface area contributed by atoms with Gasteiger partial charge in [0.15, 0.2) is 0 Å². The topological polar surface area (TPSA) is 140 Å². The minimum absolute atomic E-state index is 0.0383. The van der Waals surface area contributed by atoms with Gasteiger partial charge in [-0.05, 0) is 24.3 Å². The molecule has 2 heterocycles. The van der Waals surface area contributed by atoms with E-state index in [1.807, 2.05) is 6.07 Å². The van der Waals surface area contributed by atoms with Gasteiger partial charge in [0.1, 0.15) is 17.0 Å². The maximum Gasteiger partial charge on any atom is 0.412 e. The number of methoxy groups -OCH3 is 1. The molecule has 4 rings (SSSR count). The first-order chi connectivity index (χ1) is 16.3. The van der Waals surface area contributed by atoms with Crippen molar-refractivity contribution >= 4 is 35.0 Å². The van der Waals surface area contributed by atoms with Gasteiger partial charge >= 0.3 is 6.09 Å². The summed E-state index contributed by atoms with van der Waals surface area (Å²) in [7, 11) is 1.55. The number of piperidine rings is 1. The first-order valence-corrected chi connectivity index (χ1v) is 10.5. The lowest BCUT2D eigenvalue weighted by Crippen LogP contribution is -2.49. The van der Waals surface area contributed by atoms with E-state index in [9.17, 15) is 24.5 Å². The number of hydrogen-bond acceptors (Lipinski definition) is 7. The summed E-state index contributed by atoms with van der Waals surface area (Å²) in [5.41, 5.74) is 0.346. The van der Waals surface area contributed by atoms with Crippen LogP contribution >= 0.6 is 0 Å². The van der Waals surface area contributed by atoms with Gasteiger partial charge < -0.3 is 19.7 Å². The van der Waals surface area contributed by atoms with Gasteiger partial charge in [0.05, 0.1) is 17.7 Å². The Labute approximate surface area is 194 Å². The van der Waals surface area contributed by atoms with Crippen molar-refractivity contribution in [3.05, 3.63) is 70.3 Å². The highest BCUT2D eigenvalue weighted by molar-refractivity contribution is 6.04. The van der Waals surface area contributed by atoms with E-state index in [4.69, 9.17) is 9.47 Å². The Morgan fingerprint density at radius 3 is 2.65 bits per heavy atom. The maximum atomic E-state index is 12.6. The number of anilines is 2. The minimum Gasteiger partial charge on any atom is -0.497 e. The van der Waals surface area contributed by atoms with Crippen LogP contribution in [0.4, 0.5) is 21.9 Å². The van der Waals surface area contributed by atoms with Crippen LogP contribution < -0.4 is 15.4 Å². The highest BCUT2D eigenvalue weighted by Crippen LogP contribution is 2.44. The Kier molecular flexibility index (Phi) is 6.17. The number of carbonyl (C=O) groups is 3. The molecule has 1 saturated heterocycles. The number of nitro groups is 1. The second kappa shape index (κ2) is 9.22. The number of carbonyl (C=O) groups excluding carboxylic acids is 3. The zero-order chi connectivity index (χ0) is 24.3. The van der Waals surface area contributed by atoms with Crippen LogP contribution in [0.5, 0.6) is 5.75 Å². The van der Waals surface area contributed by atoms with E-state index in [0.29, 0.717) is 37.4 Å². The fraction of sp³-hybridized carbons (Fsp3) is 0.261. The van der Waals surface area contributed by atoms with Crippen molar-refractivity contribution in [3.8, 4) is 5.75 Å². The van der Waals surface area contributed by atoms with Gasteiger partial charge in [0.25, 0.3) is 5.69 Å². The Balaban J connectivity index is 1.41. The molecule has 0 aliphatic carbocycles. The van der Waals surface area contributed by atoms with Crippen LogP contribution in [0.15, 0.2) is 54.6 Å². The molecule has 0 radical (unpaired) electrons. The number of para-hydroxylation sites is 2. The molecule has 2 N–H and O–H groups in total. The van der Waals surface area contributed by atoms with Crippen LogP contribution in [0.25, 0.3) is 0 Å². The van der Waals surface area contributed by atoms with E-state index >= 15 is 0 Å². The molecule has 1 spiro atoms. The normalized spacial score (nSPS) is 16.4. The average molecular weight is 466 g/mol. The third-order valence-corrected chi connectivity index (χ3v) is 5.86. The summed E-state index contributed by atoms with van der Waals surface area (Å²) in [4.78, 5) is 48.9. The van der Waals surface area contributed by atoms with Crippen LogP contribution in [0.1, 0.15) is 18.4 Å². The molecule has 0 atom stereocenters. The molecule has 0 saturated carbocycles. The quantitative estimate of drug-likeness (QED) is 0.392. The van der Waals surface area contributed by atoms with Crippen LogP contribution in [0.3, 0.4) is 0 Å². The number of hydrogen-bond donors (Lipinski definition) is 2. The fourth-order valence-electron chi connectivity index (χ4n) is 4.13. The number of likely N-dealkylation sites (tertiary alicyclic amines) is 1. The predicted molar refractivity (Wildman–Crippen MR) is 121 cm³/mol. The van der Waals surface area contributed by atoms with Crippen molar-refractivity contribution in [2.24, 2.45) is 0 Å². The van der Waals surface area contributed by atoms with Gasteiger partial charge in [0.2, 0.25) is 11.8 Å². The van der Waals surface area contributed by atoms with Crippen molar-refractivity contribution in [3.63, 3.8) is 0 Å². The van der Waals surface area contributed by atoms with Gasteiger partial charge in [-0.2, -0.15) is 0 Å². The smallest absolute Gasteiger partial charge is 0.412 e. The second-order valence-electron chi connectivity index (χ2n) is 7.84. The van der Waals surface area contributed by atoms with Crippen LogP contribution in [-0.2, 0) is 19.9 Å². The third kappa shape index (κ3) is 4.53. The minimum atomic E-state index is -0.879. The number of ether oxygens (including phenoxy) is 2. The fourth-order valence-corrected chi connectivity index (χ4v) is 4.13. The van der Waals surface area contributed by atoms with E-state index in [2.05, 4.69) is 10.6 Å². The van der Waals surface area contributed by atoms with Crippen molar-refractivity contribution in [2.45, 2.75) is 18.4 Å². The van der Waals surface area contributed by atoms with Gasteiger partial charge in [-0.3, -0.25) is 25.0 Å². The molecule has 34 heavy (non-hydrogen) atoms. The number of nitro benzene ring substituents is 1. The summed E-state index contributed by atoms with van der Waals surface area (Å²) in [5, 5.41) is 16.2. The largest absolute Gasteiger partial charge is 0.497 e. The first kappa shape index (κ1) is 22.8. The molecule has 2 aromatic carbocycles. The van der Waals surface area contributed by atoms with Crippen molar-refractivity contribution < 1.29 is 28.8 Å². The molecular formula is C23H22N4O7. The molecule has 0 bridgehead atoms. The number of nitrogens with zero attached hydrogens (tertiary/aromatic N) is 2. The zero-order valence-electron chi connectivity index (χ0n) is 18.3. The summed E-state index contributed by atoms with van der Waals surface area (Å²) in [6.07, 6.45) is 2.36. The molecule has 2 aliphatic rings. The number of fused-ring (bicyclic) bond motifs is 2. The van der Waals surface area contributed by atoms with Crippen LogP contribution in [-0.4, -0.2) is 47.9 Å². The van der Waals surface area contributed by atoms with Crippen LogP contribution in [0.2, 0.25) is 0 Å². The van der Waals surface area contributed by atoms with Crippen molar-refractivity contribution in [1.82, 2.24) is 4.90 Å². The lowest BCUT2D eigenvalue weighted by molar-refractivity contribution is -0.383. The molecule has 176 valence electrons. The molecule has 1 fully saturated rings. The van der Waals surface area contributed by atoms with Gasteiger partial charge in [-0.15, -0.1) is 0 Å². The molecule has 3 amide bonds. The second-order valence-corrected chi connectivity index (χ2v) is 7.84. The van der Waals surface area contributed by atoms with Crippen molar-refractivity contribution in [2.75, 3.05) is 30.8 Å². The Hall–Kier alpha value is -4.41. The lowest BCUT2D eigenvalue weighted by Gasteiger charge is -2.44. The molecule has 0 aromatic heterocycles. The van der Waals surface area contributed by atoms with Crippen LogP contribution in [0, 0.1) is 10.1 Å². The van der Waals surface area contributed by atoms with Crippen molar-refractivity contribution in [1.29, 1.82) is 0 Å². The third-order valence-electron chi connectivity index (χ3n) is 5.86. The number of benzene rings is 2. The highest BCUT2D eigenvalue weighted by atomic mass is 16.6. The van der Waals surface area contributed by atoms with Gasteiger partial charge in [0, 0.05) is 49.7 Å². The van der Waals surface area contributed by atoms with E-state index in [-0.39, 0.29) is 11.4 Å². The molecule has 0 unspecified atom stereocenters. The number of amides is 3. The summed E-state index contributed by atoms with van der Waals surface area (Å²) >= 11 is 0. The maximum absolute atomic E-state index is 12.6. The molecule has 11 nitrogen and oxygen atoms in total. The number of rotatable bonds is 5. The summed E-state index contributed by atoms with van der Waals surface area (Å²) < 4.78 is 11.0. The summed E-state index contributed by atoms with van der Waals surface area (Å²) in [6, 6.07) is 11.0. The molecule has 11 heteroatoms. The molecule has 2 aromatic rings.